The van der Waals surface area contributed by atoms with Crippen molar-refractivity contribution in [2.45, 2.75) is 6.92 Å². The molecule has 0 atom stereocenters. The van der Waals surface area contributed by atoms with Gasteiger partial charge in [0.15, 0.2) is 5.65 Å². The predicted molar refractivity (Wildman–Crippen MR) is 92.2 cm³/mol. The number of carbonyl (C=O) groups excluding carboxylic acids is 1. The third-order valence-corrected chi connectivity index (χ3v) is 4.11. The third kappa shape index (κ3) is 2.20. The summed E-state index contributed by atoms with van der Waals surface area (Å²) in [5.41, 5.74) is 2.32. The van der Waals surface area contributed by atoms with E-state index in [0.717, 1.165) is 5.69 Å². The summed E-state index contributed by atoms with van der Waals surface area (Å²) < 4.78 is 7.85. The van der Waals surface area contributed by atoms with Gasteiger partial charge in [-0.1, -0.05) is 18.2 Å². The highest BCUT2D eigenvalue weighted by Gasteiger charge is 2.20. The van der Waals surface area contributed by atoms with E-state index >= 15 is 0 Å². The molecule has 0 aliphatic carbocycles. The van der Waals surface area contributed by atoms with Crippen LogP contribution in [-0.4, -0.2) is 32.2 Å². The number of hydrogen-bond donors (Lipinski definition) is 0. The lowest BCUT2D eigenvalue weighted by Crippen LogP contribution is -2.18. The highest BCUT2D eigenvalue weighted by molar-refractivity contribution is 5.98. The van der Waals surface area contributed by atoms with Crippen molar-refractivity contribution in [3.8, 4) is 5.69 Å². The Bertz CT molecular complexity index is 1180. The number of carbonyl (C=O) groups is 1. The molecule has 25 heavy (non-hydrogen) atoms. The molecule has 4 rings (SSSR count). The molecule has 0 spiro atoms. The van der Waals surface area contributed by atoms with E-state index in [9.17, 15) is 9.59 Å². The van der Waals surface area contributed by atoms with E-state index in [-0.39, 0.29) is 5.56 Å². The molecule has 3 aromatic heterocycles. The zero-order valence-electron chi connectivity index (χ0n) is 13.6. The van der Waals surface area contributed by atoms with Crippen LogP contribution in [0.3, 0.4) is 0 Å². The Morgan fingerprint density at radius 1 is 1.16 bits per heavy atom. The van der Waals surface area contributed by atoms with Gasteiger partial charge in [-0.15, -0.1) is 0 Å². The SMILES string of the molecule is COC(=O)c1c(C)nn2c1ncc1c(=O)n(-c3ccccc3)ccc12. The Morgan fingerprint density at radius 3 is 2.64 bits per heavy atom. The fourth-order valence-corrected chi connectivity index (χ4v) is 2.91. The number of benzene rings is 1. The van der Waals surface area contributed by atoms with Crippen molar-refractivity contribution in [1.29, 1.82) is 0 Å². The molecule has 0 saturated carbocycles. The Balaban J connectivity index is 2.03. The average molecular weight is 334 g/mol. The number of ether oxygens (including phenoxy) is 1. The molecular weight excluding hydrogens is 320 g/mol. The molecular formula is C18H14N4O3. The summed E-state index contributed by atoms with van der Waals surface area (Å²) in [6.07, 6.45) is 3.16. The smallest absolute Gasteiger partial charge is 0.343 e. The van der Waals surface area contributed by atoms with Crippen molar-refractivity contribution in [2.75, 3.05) is 7.11 Å². The molecule has 0 bridgehead atoms. The van der Waals surface area contributed by atoms with E-state index in [1.807, 2.05) is 30.3 Å². The lowest BCUT2D eigenvalue weighted by atomic mass is 10.2. The van der Waals surface area contributed by atoms with E-state index < -0.39 is 5.97 Å². The van der Waals surface area contributed by atoms with E-state index in [2.05, 4.69) is 10.1 Å². The summed E-state index contributed by atoms with van der Waals surface area (Å²) in [5, 5.41) is 4.77. The molecule has 0 N–H and O–H groups in total. The Labute approximate surface area is 142 Å². The minimum atomic E-state index is -0.503. The quantitative estimate of drug-likeness (QED) is 0.525. The summed E-state index contributed by atoms with van der Waals surface area (Å²) in [6.45, 7) is 1.71. The fraction of sp³-hybridized carbons (Fsp3) is 0.111. The van der Waals surface area contributed by atoms with Gasteiger partial charge in [0, 0.05) is 18.1 Å². The second-order valence-corrected chi connectivity index (χ2v) is 5.57. The standard InChI is InChI=1S/C18H14N4O3/c1-11-15(18(24)25-2)16-19-10-13-14(22(16)20-11)8-9-21(17(13)23)12-6-4-3-5-7-12/h3-10H,1-2H3. The lowest BCUT2D eigenvalue weighted by molar-refractivity contribution is 0.0602. The zero-order chi connectivity index (χ0) is 17.6. The largest absolute Gasteiger partial charge is 0.465 e. The van der Waals surface area contributed by atoms with Gasteiger partial charge in [0.05, 0.1) is 23.7 Å². The van der Waals surface area contributed by atoms with Crippen molar-refractivity contribution in [2.24, 2.45) is 0 Å². The Hall–Kier alpha value is -3.48. The Morgan fingerprint density at radius 2 is 1.92 bits per heavy atom. The molecule has 4 aromatic rings. The van der Waals surface area contributed by atoms with Crippen LogP contribution >= 0.6 is 0 Å². The summed E-state index contributed by atoms with van der Waals surface area (Å²) in [4.78, 5) is 29.1. The number of para-hydroxylation sites is 1. The number of aromatic nitrogens is 4. The first-order chi connectivity index (χ1) is 12.1. The maximum atomic E-state index is 12.8. The van der Waals surface area contributed by atoms with Gasteiger partial charge in [-0.05, 0) is 25.1 Å². The minimum absolute atomic E-state index is 0.203. The summed E-state index contributed by atoms with van der Waals surface area (Å²) in [6, 6.07) is 11.1. The molecule has 0 aliphatic heterocycles. The topological polar surface area (TPSA) is 78.5 Å². The van der Waals surface area contributed by atoms with Crippen LogP contribution in [0.15, 0.2) is 53.6 Å². The predicted octanol–water partition coefficient (Wildman–Crippen LogP) is 2.13. The number of rotatable bonds is 2. The first-order valence-electron chi connectivity index (χ1n) is 7.65. The van der Waals surface area contributed by atoms with Crippen molar-refractivity contribution >= 4 is 22.5 Å². The van der Waals surface area contributed by atoms with Crippen LogP contribution in [0.2, 0.25) is 0 Å². The molecule has 7 heteroatoms. The van der Waals surface area contributed by atoms with Crippen molar-refractivity contribution in [1.82, 2.24) is 19.2 Å². The van der Waals surface area contributed by atoms with E-state index in [1.165, 1.54) is 17.8 Å². The molecule has 0 aliphatic rings. The van der Waals surface area contributed by atoms with E-state index in [1.54, 1.807) is 23.8 Å². The van der Waals surface area contributed by atoms with Gasteiger partial charge in [-0.25, -0.2) is 14.3 Å². The van der Waals surface area contributed by atoms with Gasteiger partial charge < -0.3 is 4.74 Å². The first kappa shape index (κ1) is 15.1. The summed E-state index contributed by atoms with van der Waals surface area (Å²) >= 11 is 0. The van der Waals surface area contributed by atoms with Crippen molar-refractivity contribution in [3.63, 3.8) is 0 Å². The van der Waals surface area contributed by atoms with Crippen LogP contribution in [-0.2, 0) is 4.74 Å². The molecule has 3 heterocycles. The molecule has 0 fully saturated rings. The highest BCUT2D eigenvalue weighted by Crippen LogP contribution is 2.19. The molecule has 124 valence electrons. The van der Waals surface area contributed by atoms with Crippen LogP contribution in [0, 0.1) is 6.92 Å². The maximum absolute atomic E-state index is 12.8. The van der Waals surface area contributed by atoms with Gasteiger partial charge in [0.1, 0.15) is 5.56 Å². The number of aryl methyl sites for hydroxylation is 1. The molecule has 1 aromatic carbocycles. The van der Waals surface area contributed by atoms with Crippen LogP contribution in [0.4, 0.5) is 0 Å². The lowest BCUT2D eigenvalue weighted by Gasteiger charge is -2.07. The highest BCUT2D eigenvalue weighted by atomic mass is 16.5. The molecule has 0 amide bonds. The zero-order valence-corrected chi connectivity index (χ0v) is 13.6. The van der Waals surface area contributed by atoms with Crippen molar-refractivity contribution in [3.05, 3.63) is 70.4 Å². The second kappa shape index (κ2) is 5.55. The summed E-state index contributed by atoms with van der Waals surface area (Å²) in [5.74, 6) is -0.503. The average Bonchev–Trinajstić information content (AvgIpc) is 2.98. The van der Waals surface area contributed by atoms with Crippen LogP contribution in [0.1, 0.15) is 16.1 Å². The van der Waals surface area contributed by atoms with Gasteiger partial charge in [0.25, 0.3) is 5.56 Å². The molecule has 0 saturated heterocycles. The third-order valence-electron chi connectivity index (χ3n) is 4.11. The number of esters is 1. The summed E-state index contributed by atoms with van der Waals surface area (Å²) in [7, 11) is 1.31. The van der Waals surface area contributed by atoms with Gasteiger partial charge in [-0.2, -0.15) is 5.10 Å². The molecule has 7 nitrogen and oxygen atoms in total. The second-order valence-electron chi connectivity index (χ2n) is 5.57. The van der Waals surface area contributed by atoms with Gasteiger partial charge >= 0.3 is 5.97 Å². The van der Waals surface area contributed by atoms with E-state index in [0.29, 0.717) is 27.8 Å². The fourth-order valence-electron chi connectivity index (χ4n) is 2.91. The monoisotopic (exact) mass is 334 g/mol. The number of hydrogen-bond acceptors (Lipinski definition) is 5. The number of pyridine rings is 1. The van der Waals surface area contributed by atoms with E-state index in [4.69, 9.17) is 4.74 Å². The van der Waals surface area contributed by atoms with Crippen LogP contribution in [0.5, 0.6) is 0 Å². The maximum Gasteiger partial charge on any atom is 0.343 e. The van der Waals surface area contributed by atoms with Crippen LogP contribution < -0.4 is 5.56 Å². The number of methoxy groups -OCH3 is 1. The van der Waals surface area contributed by atoms with Crippen molar-refractivity contribution < 1.29 is 9.53 Å². The number of fused-ring (bicyclic) bond motifs is 3. The normalized spacial score (nSPS) is 11.1. The van der Waals surface area contributed by atoms with Gasteiger partial charge in [0.2, 0.25) is 0 Å². The minimum Gasteiger partial charge on any atom is -0.465 e. The number of nitrogens with zero attached hydrogens (tertiary/aromatic N) is 4. The molecule has 0 radical (unpaired) electrons. The molecule has 0 unspecified atom stereocenters. The van der Waals surface area contributed by atoms with Crippen LogP contribution in [0.25, 0.3) is 22.2 Å². The van der Waals surface area contributed by atoms with Gasteiger partial charge in [-0.3, -0.25) is 9.36 Å². The first-order valence-corrected chi connectivity index (χ1v) is 7.65. The Kier molecular flexibility index (Phi) is 3.35.